The van der Waals surface area contributed by atoms with Gasteiger partial charge in [-0.1, -0.05) is 23.7 Å². The van der Waals surface area contributed by atoms with Crippen molar-refractivity contribution in [1.29, 1.82) is 0 Å². The Morgan fingerprint density at radius 1 is 1.07 bits per heavy atom. The van der Waals surface area contributed by atoms with E-state index in [1.165, 1.54) is 11.6 Å². The summed E-state index contributed by atoms with van der Waals surface area (Å²) >= 11 is 5.94. The number of hydrogen-bond acceptors (Lipinski definition) is 3. The summed E-state index contributed by atoms with van der Waals surface area (Å²) < 4.78 is 20.3. The molecule has 0 N–H and O–H groups in total. The minimum Gasteiger partial charge on any atom is -0.487 e. The molecule has 0 amide bonds. The molecular weight excluding hydrogens is 386 g/mol. The zero-order valence-corrected chi connectivity index (χ0v) is 16.3. The molecule has 2 aromatic carbocycles. The molecule has 6 heteroatoms. The van der Waals surface area contributed by atoms with Crippen molar-refractivity contribution in [2.45, 2.75) is 25.5 Å². The van der Waals surface area contributed by atoms with Crippen molar-refractivity contribution >= 4 is 34.8 Å². The average Bonchev–Trinajstić information content (AvgIpc) is 2.66. The molecule has 142 valence electrons. The number of rotatable bonds is 4. The largest absolute Gasteiger partial charge is 0.487 e. The van der Waals surface area contributed by atoms with Crippen LogP contribution < -0.4 is 4.74 Å². The van der Waals surface area contributed by atoms with Crippen molar-refractivity contribution in [3.05, 3.63) is 71.3 Å². The summed E-state index contributed by atoms with van der Waals surface area (Å²) in [5.74, 6) is 0.00828. The SMILES string of the molecule is Cl.Fc1cc2cnccc2cc1OC1CCN(Cc2ccc(Cl)cc2)CC1. The van der Waals surface area contributed by atoms with E-state index < -0.39 is 0 Å². The predicted molar refractivity (Wildman–Crippen MR) is 109 cm³/mol. The topological polar surface area (TPSA) is 25.4 Å². The van der Waals surface area contributed by atoms with Crippen LogP contribution >= 0.6 is 24.0 Å². The van der Waals surface area contributed by atoms with Crippen molar-refractivity contribution in [2.75, 3.05) is 13.1 Å². The van der Waals surface area contributed by atoms with E-state index in [1.807, 2.05) is 18.2 Å². The van der Waals surface area contributed by atoms with Crippen LogP contribution in [0.2, 0.25) is 5.02 Å². The van der Waals surface area contributed by atoms with Crippen LogP contribution in [0.3, 0.4) is 0 Å². The molecule has 0 spiro atoms. The van der Waals surface area contributed by atoms with Crippen molar-refractivity contribution < 1.29 is 9.13 Å². The monoisotopic (exact) mass is 406 g/mol. The second-order valence-electron chi connectivity index (χ2n) is 6.73. The number of piperidine rings is 1. The minimum absolute atomic E-state index is 0. The first-order valence-corrected chi connectivity index (χ1v) is 9.22. The van der Waals surface area contributed by atoms with Gasteiger partial charge in [-0.15, -0.1) is 12.4 Å². The third-order valence-corrected chi connectivity index (χ3v) is 5.09. The Kier molecular flexibility index (Phi) is 6.53. The third kappa shape index (κ3) is 4.89. The van der Waals surface area contributed by atoms with Crippen molar-refractivity contribution in [3.63, 3.8) is 0 Å². The molecule has 1 aliphatic heterocycles. The molecule has 0 bridgehead atoms. The zero-order chi connectivity index (χ0) is 17.9. The van der Waals surface area contributed by atoms with Gasteiger partial charge < -0.3 is 4.74 Å². The fourth-order valence-electron chi connectivity index (χ4n) is 3.39. The molecular formula is C21H21Cl2FN2O. The number of nitrogens with zero attached hydrogens (tertiary/aromatic N) is 2. The molecule has 1 aliphatic rings. The molecule has 0 atom stereocenters. The smallest absolute Gasteiger partial charge is 0.165 e. The first-order chi connectivity index (χ1) is 12.7. The van der Waals surface area contributed by atoms with Gasteiger partial charge in [-0.3, -0.25) is 9.88 Å². The van der Waals surface area contributed by atoms with Gasteiger partial charge in [0.1, 0.15) is 6.10 Å². The minimum atomic E-state index is -0.325. The third-order valence-electron chi connectivity index (χ3n) is 4.84. The summed E-state index contributed by atoms with van der Waals surface area (Å²) in [5.41, 5.74) is 1.25. The number of ether oxygens (including phenoxy) is 1. The maximum atomic E-state index is 14.3. The van der Waals surface area contributed by atoms with Crippen LogP contribution in [0, 0.1) is 5.82 Å². The van der Waals surface area contributed by atoms with E-state index in [0.29, 0.717) is 5.75 Å². The number of aromatic nitrogens is 1. The van der Waals surface area contributed by atoms with E-state index in [4.69, 9.17) is 16.3 Å². The molecule has 1 saturated heterocycles. The lowest BCUT2D eigenvalue weighted by molar-refractivity contribution is 0.0937. The lowest BCUT2D eigenvalue weighted by atomic mass is 10.1. The van der Waals surface area contributed by atoms with Gasteiger partial charge in [0.05, 0.1) is 0 Å². The Bertz CT molecular complexity index is 896. The summed E-state index contributed by atoms with van der Waals surface area (Å²) in [4.78, 5) is 6.42. The Labute approximate surface area is 169 Å². The van der Waals surface area contributed by atoms with Crippen LogP contribution in [0.4, 0.5) is 4.39 Å². The van der Waals surface area contributed by atoms with Gasteiger partial charge in [-0.25, -0.2) is 4.39 Å². The van der Waals surface area contributed by atoms with Gasteiger partial charge in [0.25, 0.3) is 0 Å². The number of hydrogen-bond donors (Lipinski definition) is 0. The molecule has 3 aromatic rings. The predicted octanol–water partition coefficient (Wildman–Crippen LogP) is 5.49. The number of halogens is 3. The Morgan fingerprint density at radius 2 is 1.81 bits per heavy atom. The highest BCUT2D eigenvalue weighted by Crippen LogP contribution is 2.27. The van der Waals surface area contributed by atoms with E-state index in [2.05, 4.69) is 22.0 Å². The maximum Gasteiger partial charge on any atom is 0.165 e. The van der Waals surface area contributed by atoms with Gasteiger partial charge in [0.2, 0.25) is 0 Å². The first kappa shape index (κ1) is 19.9. The van der Waals surface area contributed by atoms with Crippen LogP contribution in [-0.2, 0) is 6.54 Å². The summed E-state index contributed by atoms with van der Waals surface area (Å²) in [6.45, 7) is 2.78. The molecule has 2 heterocycles. The molecule has 3 nitrogen and oxygen atoms in total. The molecule has 1 fully saturated rings. The molecule has 4 rings (SSSR count). The van der Waals surface area contributed by atoms with Crippen LogP contribution in [0.5, 0.6) is 5.75 Å². The van der Waals surface area contributed by atoms with E-state index >= 15 is 0 Å². The molecule has 0 unspecified atom stereocenters. The molecule has 0 saturated carbocycles. The summed E-state index contributed by atoms with van der Waals surface area (Å²) in [7, 11) is 0. The Balaban J connectivity index is 0.00000210. The highest BCUT2D eigenvalue weighted by atomic mass is 35.5. The van der Waals surface area contributed by atoms with Crippen LogP contribution in [0.15, 0.2) is 54.9 Å². The van der Waals surface area contributed by atoms with Crippen LogP contribution in [-0.4, -0.2) is 29.1 Å². The summed E-state index contributed by atoms with van der Waals surface area (Å²) in [6.07, 6.45) is 5.20. The van der Waals surface area contributed by atoms with Gasteiger partial charge in [0.15, 0.2) is 11.6 Å². The quantitative estimate of drug-likeness (QED) is 0.572. The molecule has 27 heavy (non-hydrogen) atoms. The normalized spacial score (nSPS) is 15.5. The second kappa shape index (κ2) is 8.87. The van der Waals surface area contributed by atoms with Gasteiger partial charge in [0, 0.05) is 42.4 Å². The standard InChI is InChI=1S/C21H20ClFN2O.ClH/c22-18-3-1-15(2-4-18)14-25-9-6-19(7-10-25)26-21-12-16-5-8-24-13-17(16)11-20(21)23;/h1-5,8,11-13,19H,6-7,9-10,14H2;1H. The number of benzene rings is 2. The van der Waals surface area contributed by atoms with E-state index in [9.17, 15) is 4.39 Å². The number of pyridine rings is 1. The summed E-state index contributed by atoms with van der Waals surface area (Å²) in [5, 5.41) is 2.49. The Hall–Kier alpha value is -1.88. The lowest BCUT2D eigenvalue weighted by Crippen LogP contribution is -2.37. The lowest BCUT2D eigenvalue weighted by Gasteiger charge is -2.32. The van der Waals surface area contributed by atoms with Crippen molar-refractivity contribution in [2.24, 2.45) is 0 Å². The Morgan fingerprint density at radius 3 is 2.56 bits per heavy atom. The number of likely N-dealkylation sites (tertiary alicyclic amines) is 1. The fourth-order valence-corrected chi connectivity index (χ4v) is 3.52. The zero-order valence-electron chi connectivity index (χ0n) is 14.8. The second-order valence-corrected chi connectivity index (χ2v) is 7.16. The van der Waals surface area contributed by atoms with Crippen molar-refractivity contribution in [1.82, 2.24) is 9.88 Å². The van der Waals surface area contributed by atoms with E-state index in [-0.39, 0.29) is 24.3 Å². The highest BCUT2D eigenvalue weighted by molar-refractivity contribution is 6.30. The summed E-state index contributed by atoms with van der Waals surface area (Å²) in [6, 6.07) is 13.1. The average molecular weight is 407 g/mol. The van der Waals surface area contributed by atoms with Gasteiger partial charge in [-0.2, -0.15) is 0 Å². The molecule has 0 radical (unpaired) electrons. The fraction of sp³-hybridized carbons (Fsp3) is 0.286. The van der Waals surface area contributed by atoms with Crippen molar-refractivity contribution in [3.8, 4) is 5.75 Å². The molecule has 1 aromatic heterocycles. The van der Waals surface area contributed by atoms with Crippen LogP contribution in [0.25, 0.3) is 10.8 Å². The van der Waals surface area contributed by atoms with Gasteiger partial charge in [-0.05, 0) is 54.1 Å². The molecule has 0 aliphatic carbocycles. The maximum absolute atomic E-state index is 14.3. The van der Waals surface area contributed by atoms with E-state index in [1.54, 1.807) is 18.5 Å². The first-order valence-electron chi connectivity index (χ1n) is 8.84. The number of fused-ring (bicyclic) bond motifs is 1. The van der Waals surface area contributed by atoms with Gasteiger partial charge >= 0.3 is 0 Å². The van der Waals surface area contributed by atoms with Crippen LogP contribution in [0.1, 0.15) is 18.4 Å². The highest BCUT2D eigenvalue weighted by Gasteiger charge is 2.22. The van der Waals surface area contributed by atoms with E-state index in [0.717, 1.165) is 48.3 Å².